The van der Waals surface area contributed by atoms with Gasteiger partial charge >= 0.3 is 0 Å². The number of hydrogen-bond acceptors (Lipinski definition) is 2. The van der Waals surface area contributed by atoms with Crippen LogP contribution in [0.4, 0.5) is 0 Å². The molecule has 0 aromatic rings. The Morgan fingerprint density at radius 2 is 2.00 bits per heavy atom. The highest BCUT2D eigenvalue weighted by molar-refractivity contribution is 5.80. The molecule has 0 atom stereocenters. The Bertz CT molecular complexity index is 232. The van der Waals surface area contributed by atoms with Crippen LogP contribution in [0.1, 0.15) is 46.5 Å². The van der Waals surface area contributed by atoms with Gasteiger partial charge in [-0.2, -0.15) is 0 Å². The second kappa shape index (κ2) is 6.62. The average molecular weight is 195 g/mol. The third kappa shape index (κ3) is 6.68. The SMILES string of the molecule is CC#CCC(=O)CCC(C)(C)CCN. The van der Waals surface area contributed by atoms with E-state index in [0.717, 1.165) is 12.8 Å². The minimum atomic E-state index is 0.185. The van der Waals surface area contributed by atoms with Gasteiger partial charge in [-0.25, -0.2) is 0 Å². The molecule has 0 spiro atoms. The predicted molar refractivity (Wildman–Crippen MR) is 59.8 cm³/mol. The van der Waals surface area contributed by atoms with E-state index in [1.807, 2.05) is 0 Å². The Kier molecular flexibility index (Phi) is 6.23. The van der Waals surface area contributed by atoms with Gasteiger partial charge in [-0.3, -0.25) is 4.79 Å². The first-order valence-electron chi connectivity index (χ1n) is 5.13. The Hall–Kier alpha value is -0.810. The molecule has 0 fully saturated rings. The first kappa shape index (κ1) is 13.2. The molecular formula is C12H21NO. The van der Waals surface area contributed by atoms with Crippen LogP contribution in [-0.2, 0) is 4.79 Å². The number of nitrogens with two attached hydrogens (primary N) is 1. The highest BCUT2D eigenvalue weighted by atomic mass is 16.1. The van der Waals surface area contributed by atoms with Crippen molar-refractivity contribution < 1.29 is 4.79 Å². The van der Waals surface area contributed by atoms with E-state index in [-0.39, 0.29) is 11.2 Å². The lowest BCUT2D eigenvalue weighted by Gasteiger charge is -2.22. The number of ketones is 1. The monoisotopic (exact) mass is 195 g/mol. The highest BCUT2D eigenvalue weighted by Crippen LogP contribution is 2.26. The Morgan fingerprint density at radius 1 is 1.36 bits per heavy atom. The van der Waals surface area contributed by atoms with Crippen molar-refractivity contribution >= 4 is 5.78 Å². The first-order valence-corrected chi connectivity index (χ1v) is 5.13. The van der Waals surface area contributed by atoms with E-state index in [0.29, 0.717) is 19.4 Å². The third-order valence-corrected chi connectivity index (χ3v) is 2.36. The van der Waals surface area contributed by atoms with Crippen molar-refractivity contribution in [1.82, 2.24) is 0 Å². The Labute approximate surface area is 87.3 Å². The van der Waals surface area contributed by atoms with Gasteiger partial charge in [0.2, 0.25) is 0 Å². The quantitative estimate of drug-likeness (QED) is 0.660. The maximum absolute atomic E-state index is 11.3. The summed E-state index contributed by atoms with van der Waals surface area (Å²) >= 11 is 0. The van der Waals surface area contributed by atoms with Crippen molar-refractivity contribution in [3.05, 3.63) is 0 Å². The minimum absolute atomic E-state index is 0.185. The summed E-state index contributed by atoms with van der Waals surface area (Å²) in [5, 5.41) is 0. The molecule has 2 heteroatoms. The van der Waals surface area contributed by atoms with Crippen molar-refractivity contribution in [3.63, 3.8) is 0 Å². The Morgan fingerprint density at radius 3 is 2.50 bits per heavy atom. The number of rotatable bonds is 6. The van der Waals surface area contributed by atoms with E-state index >= 15 is 0 Å². The molecule has 0 saturated carbocycles. The smallest absolute Gasteiger partial charge is 0.144 e. The van der Waals surface area contributed by atoms with Crippen molar-refractivity contribution in [2.75, 3.05) is 6.54 Å². The summed E-state index contributed by atoms with van der Waals surface area (Å²) < 4.78 is 0. The van der Waals surface area contributed by atoms with Gasteiger partial charge in [-0.15, -0.1) is 5.92 Å². The zero-order chi connectivity index (χ0) is 11.0. The van der Waals surface area contributed by atoms with Gasteiger partial charge in [0.1, 0.15) is 5.78 Å². The second-order valence-corrected chi connectivity index (χ2v) is 4.35. The van der Waals surface area contributed by atoms with Crippen LogP contribution in [0, 0.1) is 17.3 Å². The molecule has 0 amide bonds. The van der Waals surface area contributed by atoms with Crippen LogP contribution in [0.25, 0.3) is 0 Å². The highest BCUT2D eigenvalue weighted by Gasteiger charge is 2.17. The fraction of sp³-hybridized carbons (Fsp3) is 0.750. The van der Waals surface area contributed by atoms with Gasteiger partial charge in [0.25, 0.3) is 0 Å². The fourth-order valence-corrected chi connectivity index (χ4v) is 1.27. The lowest BCUT2D eigenvalue weighted by Crippen LogP contribution is -2.18. The maximum Gasteiger partial charge on any atom is 0.144 e. The van der Waals surface area contributed by atoms with Crippen molar-refractivity contribution in [3.8, 4) is 11.8 Å². The fourth-order valence-electron chi connectivity index (χ4n) is 1.27. The molecule has 80 valence electrons. The van der Waals surface area contributed by atoms with Crippen LogP contribution in [0.5, 0.6) is 0 Å². The van der Waals surface area contributed by atoms with Crippen LogP contribution in [0.15, 0.2) is 0 Å². The summed E-state index contributed by atoms with van der Waals surface area (Å²) in [4.78, 5) is 11.3. The van der Waals surface area contributed by atoms with Crippen molar-refractivity contribution in [2.45, 2.75) is 46.5 Å². The Balaban J connectivity index is 3.79. The molecular weight excluding hydrogens is 174 g/mol. The van der Waals surface area contributed by atoms with Crippen LogP contribution in [0.3, 0.4) is 0 Å². The predicted octanol–water partition coefficient (Wildman–Crippen LogP) is 2.12. The van der Waals surface area contributed by atoms with Crippen LogP contribution in [0.2, 0.25) is 0 Å². The van der Waals surface area contributed by atoms with E-state index in [4.69, 9.17) is 5.73 Å². The normalized spacial score (nSPS) is 10.6. The first-order chi connectivity index (χ1) is 6.52. The van der Waals surface area contributed by atoms with Gasteiger partial charge in [0, 0.05) is 6.42 Å². The van der Waals surface area contributed by atoms with Gasteiger partial charge < -0.3 is 5.73 Å². The molecule has 2 N–H and O–H groups in total. The molecule has 0 radical (unpaired) electrons. The summed E-state index contributed by atoms with van der Waals surface area (Å²) in [5.41, 5.74) is 5.68. The molecule has 0 unspecified atom stereocenters. The summed E-state index contributed by atoms with van der Waals surface area (Å²) in [5.74, 6) is 5.76. The standard InChI is InChI=1S/C12H21NO/c1-4-5-6-11(14)7-8-12(2,3)9-10-13/h6-10,13H2,1-3H3. The zero-order valence-corrected chi connectivity index (χ0v) is 9.52. The molecule has 0 heterocycles. The average Bonchev–Trinajstić information content (AvgIpc) is 2.11. The molecule has 0 saturated heterocycles. The van der Waals surface area contributed by atoms with Gasteiger partial charge in [0.05, 0.1) is 6.42 Å². The molecule has 14 heavy (non-hydrogen) atoms. The second-order valence-electron chi connectivity index (χ2n) is 4.35. The van der Waals surface area contributed by atoms with Crippen molar-refractivity contribution in [1.29, 1.82) is 0 Å². The maximum atomic E-state index is 11.3. The summed E-state index contributed by atoms with van der Waals surface area (Å²) in [6, 6.07) is 0. The summed E-state index contributed by atoms with van der Waals surface area (Å²) in [7, 11) is 0. The van der Waals surface area contributed by atoms with Gasteiger partial charge in [0.15, 0.2) is 0 Å². The molecule has 0 aromatic heterocycles. The molecule has 0 rings (SSSR count). The van der Waals surface area contributed by atoms with Crippen LogP contribution >= 0.6 is 0 Å². The summed E-state index contributed by atoms with van der Waals surface area (Å²) in [6.45, 7) is 6.75. The lowest BCUT2D eigenvalue weighted by atomic mass is 9.83. The van der Waals surface area contributed by atoms with E-state index in [9.17, 15) is 4.79 Å². The molecule has 0 aliphatic carbocycles. The molecule has 0 bridgehead atoms. The van der Waals surface area contributed by atoms with Gasteiger partial charge in [-0.1, -0.05) is 19.8 Å². The van der Waals surface area contributed by atoms with Crippen LogP contribution < -0.4 is 5.73 Å². The van der Waals surface area contributed by atoms with Crippen LogP contribution in [-0.4, -0.2) is 12.3 Å². The number of carbonyl (C=O) groups excluding carboxylic acids is 1. The molecule has 0 aliphatic rings. The number of hydrogen-bond donors (Lipinski definition) is 1. The van der Waals surface area contributed by atoms with E-state index in [2.05, 4.69) is 25.7 Å². The number of carbonyl (C=O) groups is 1. The largest absolute Gasteiger partial charge is 0.330 e. The van der Waals surface area contributed by atoms with Crippen molar-refractivity contribution in [2.24, 2.45) is 11.1 Å². The third-order valence-electron chi connectivity index (χ3n) is 2.36. The van der Waals surface area contributed by atoms with E-state index < -0.39 is 0 Å². The molecule has 0 aliphatic heterocycles. The molecule has 0 aromatic carbocycles. The zero-order valence-electron chi connectivity index (χ0n) is 9.52. The lowest BCUT2D eigenvalue weighted by molar-refractivity contribution is -0.118. The topological polar surface area (TPSA) is 43.1 Å². The molecule has 2 nitrogen and oxygen atoms in total. The summed E-state index contributed by atoms with van der Waals surface area (Å²) in [6.07, 6.45) is 2.91. The van der Waals surface area contributed by atoms with Gasteiger partial charge in [-0.05, 0) is 31.7 Å². The number of Topliss-reactive ketones (excluding diaryl/α,β-unsaturated/α-hetero) is 1. The van der Waals surface area contributed by atoms with E-state index in [1.165, 1.54) is 0 Å². The van der Waals surface area contributed by atoms with E-state index in [1.54, 1.807) is 6.92 Å². The minimum Gasteiger partial charge on any atom is -0.330 e.